The Hall–Kier alpha value is -3.50. The van der Waals surface area contributed by atoms with Gasteiger partial charge in [0.15, 0.2) is 5.58 Å². The largest absolute Gasteiger partial charge is 0.436 e. The van der Waals surface area contributed by atoms with E-state index < -0.39 is 0 Å². The molecule has 0 saturated carbocycles. The van der Waals surface area contributed by atoms with E-state index in [-0.39, 0.29) is 0 Å². The molecule has 5 rings (SSSR count). The summed E-state index contributed by atoms with van der Waals surface area (Å²) in [4.78, 5) is 8.81. The van der Waals surface area contributed by atoms with Crippen molar-refractivity contribution in [2.24, 2.45) is 0 Å². The van der Waals surface area contributed by atoms with E-state index in [1.807, 2.05) is 24.4 Å². The molecule has 0 unspecified atom stereocenters. The summed E-state index contributed by atoms with van der Waals surface area (Å²) >= 11 is 0. The maximum absolute atomic E-state index is 6.01. The standard InChI is InChI=1S/C24H19N3O/c1-2-6-21-13-23-22(12-20(21)5-1)27-24(28-23)19-9-7-17(8-10-19)14-26-16-18-4-3-11-25-15-18/h1-13,15,26H,14,16H2. The topological polar surface area (TPSA) is 51.0 Å². The van der Waals surface area contributed by atoms with E-state index >= 15 is 0 Å². The van der Waals surface area contributed by atoms with Crippen molar-refractivity contribution in [1.82, 2.24) is 15.3 Å². The van der Waals surface area contributed by atoms with Crippen molar-refractivity contribution < 1.29 is 4.42 Å². The van der Waals surface area contributed by atoms with Gasteiger partial charge in [-0.25, -0.2) is 4.98 Å². The first-order valence-electron chi connectivity index (χ1n) is 9.33. The number of aromatic nitrogens is 2. The lowest BCUT2D eigenvalue weighted by Crippen LogP contribution is -2.12. The molecule has 0 aliphatic heterocycles. The monoisotopic (exact) mass is 365 g/mol. The smallest absolute Gasteiger partial charge is 0.227 e. The molecule has 2 aromatic heterocycles. The summed E-state index contributed by atoms with van der Waals surface area (Å²) in [5, 5.41) is 5.77. The quantitative estimate of drug-likeness (QED) is 0.457. The van der Waals surface area contributed by atoms with Crippen LogP contribution in [0.25, 0.3) is 33.3 Å². The number of oxazole rings is 1. The second-order valence-corrected chi connectivity index (χ2v) is 6.85. The van der Waals surface area contributed by atoms with E-state index in [1.165, 1.54) is 16.5 Å². The van der Waals surface area contributed by atoms with Gasteiger partial charge in [-0.1, -0.05) is 42.5 Å². The number of hydrogen-bond donors (Lipinski definition) is 1. The third-order valence-electron chi connectivity index (χ3n) is 4.84. The number of pyridine rings is 1. The van der Waals surface area contributed by atoms with Gasteiger partial charge in [0.05, 0.1) is 0 Å². The molecule has 2 heterocycles. The lowest BCUT2D eigenvalue weighted by Gasteiger charge is -2.05. The molecule has 0 amide bonds. The van der Waals surface area contributed by atoms with Gasteiger partial charge in [-0.05, 0) is 52.2 Å². The third-order valence-corrected chi connectivity index (χ3v) is 4.84. The van der Waals surface area contributed by atoms with Crippen molar-refractivity contribution in [2.75, 3.05) is 0 Å². The predicted octanol–water partition coefficient (Wildman–Crippen LogP) is 5.33. The highest BCUT2D eigenvalue weighted by Crippen LogP contribution is 2.28. The molecule has 0 spiro atoms. The maximum Gasteiger partial charge on any atom is 0.227 e. The number of nitrogens with zero attached hydrogens (tertiary/aromatic N) is 2. The zero-order chi connectivity index (χ0) is 18.8. The van der Waals surface area contributed by atoms with Crippen LogP contribution in [0.3, 0.4) is 0 Å². The van der Waals surface area contributed by atoms with E-state index in [1.54, 1.807) is 6.20 Å². The molecule has 0 bridgehead atoms. The Balaban J connectivity index is 1.33. The summed E-state index contributed by atoms with van der Waals surface area (Å²) in [5.74, 6) is 0.653. The SMILES string of the molecule is c1cncc(CNCc2ccc(-c3nc4cc5ccccc5cc4o3)cc2)c1. The Bertz CT molecular complexity index is 1170. The van der Waals surface area contributed by atoms with Gasteiger partial charge < -0.3 is 9.73 Å². The molecule has 0 radical (unpaired) electrons. The van der Waals surface area contributed by atoms with Crippen LogP contribution >= 0.6 is 0 Å². The van der Waals surface area contributed by atoms with E-state index in [2.05, 4.69) is 69.9 Å². The summed E-state index contributed by atoms with van der Waals surface area (Å²) < 4.78 is 6.01. The minimum atomic E-state index is 0.653. The average molecular weight is 365 g/mol. The molecule has 5 aromatic rings. The summed E-state index contributed by atoms with van der Waals surface area (Å²) in [5.41, 5.74) is 5.08. The van der Waals surface area contributed by atoms with Crippen molar-refractivity contribution in [3.8, 4) is 11.5 Å². The van der Waals surface area contributed by atoms with Crippen molar-refractivity contribution in [3.05, 3.63) is 96.3 Å². The summed E-state index contributed by atoms with van der Waals surface area (Å²) in [6.45, 7) is 1.60. The van der Waals surface area contributed by atoms with Gasteiger partial charge in [-0.15, -0.1) is 0 Å². The first kappa shape index (κ1) is 16.7. The van der Waals surface area contributed by atoms with Crippen LogP contribution in [0, 0.1) is 0 Å². The number of benzene rings is 3. The van der Waals surface area contributed by atoms with E-state index in [9.17, 15) is 0 Å². The van der Waals surface area contributed by atoms with Crippen molar-refractivity contribution in [3.63, 3.8) is 0 Å². The fourth-order valence-electron chi connectivity index (χ4n) is 3.36. The van der Waals surface area contributed by atoms with Gasteiger partial charge in [0.2, 0.25) is 5.89 Å². The number of rotatable bonds is 5. The molecule has 0 fully saturated rings. The highest BCUT2D eigenvalue weighted by Gasteiger charge is 2.09. The Kier molecular flexibility index (Phi) is 4.31. The molecule has 0 aliphatic carbocycles. The Morgan fingerprint density at radius 1 is 0.786 bits per heavy atom. The molecule has 3 aromatic carbocycles. The molecule has 4 nitrogen and oxygen atoms in total. The van der Waals surface area contributed by atoms with Crippen LogP contribution in [-0.2, 0) is 13.1 Å². The van der Waals surface area contributed by atoms with Crippen LogP contribution in [0.1, 0.15) is 11.1 Å². The Morgan fingerprint density at radius 3 is 2.36 bits per heavy atom. The molecule has 136 valence electrons. The second-order valence-electron chi connectivity index (χ2n) is 6.85. The normalized spacial score (nSPS) is 11.3. The lowest BCUT2D eigenvalue weighted by atomic mass is 10.1. The molecule has 28 heavy (non-hydrogen) atoms. The number of nitrogens with one attached hydrogen (secondary N) is 1. The molecular formula is C24H19N3O. The van der Waals surface area contributed by atoms with Gasteiger partial charge in [0.25, 0.3) is 0 Å². The summed E-state index contributed by atoms with van der Waals surface area (Å²) in [7, 11) is 0. The fraction of sp³-hybridized carbons (Fsp3) is 0.0833. The van der Waals surface area contributed by atoms with E-state index in [0.29, 0.717) is 5.89 Å². The van der Waals surface area contributed by atoms with Gasteiger partial charge in [-0.2, -0.15) is 0 Å². The summed E-state index contributed by atoms with van der Waals surface area (Å²) in [6, 6.07) is 24.7. The van der Waals surface area contributed by atoms with Crippen molar-refractivity contribution >= 4 is 21.9 Å². The Labute approximate surface area is 162 Å². The van der Waals surface area contributed by atoms with Crippen LogP contribution in [0.15, 0.2) is 89.6 Å². The van der Waals surface area contributed by atoms with Gasteiger partial charge in [-0.3, -0.25) is 4.98 Å². The van der Waals surface area contributed by atoms with Gasteiger partial charge in [0.1, 0.15) is 5.52 Å². The zero-order valence-corrected chi connectivity index (χ0v) is 15.3. The van der Waals surface area contributed by atoms with Gasteiger partial charge >= 0.3 is 0 Å². The Morgan fingerprint density at radius 2 is 1.57 bits per heavy atom. The lowest BCUT2D eigenvalue weighted by molar-refractivity contribution is 0.620. The molecule has 1 N–H and O–H groups in total. The van der Waals surface area contributed by atoms with E-state index in [0.717, 1.165) is 35.1 Å². The van der Waals surface area contributed by atoms with Crippen LogP contribution in [0.4, 0.5) is 0 Å². The number of fused-ring (bicyclic) bond motifs is 2. The molecule has 0 saturated heterocycles. The third kappa shape index (κ3) is 3.38. The zero-order valence-electron chi connectivity index (χ0n) is 15.3. The molecule has 0 aliphatic rings. The minimum absolute atomic E-state index is 0.653. The van der Waals surface area contributed by atoms with E-state index in [4.69, 9.17) is 4.42 Å². The molecule has 0 atom stereocenters. The second kappa shape index (κ2) is 7.25. The average Bonchev–Trinajstić information content (AvgIpc) is 3.16. The number of hydrogen-bond acceptors (Lipinski definition) is 4. The fourth-order valence-corrected chi connectivity index (χ4v) is 3.36. The predicted molar refractivity (Wildman–Crippen MR) is 112 cm³/mol. The summed E-state index contributed by atoms with van der Waals surface area (Å²) in [6.07, 6.45) is 3.67. The first-order chi connectivity index (χ1) is 13.8. The van der Waals surface area contributed by atoms with Crippen molar-refractivity contribution in [2.45, 2.75) is 13.1 Å². The van der Waals surface area contributed by atoms with Crippen molar-refractivity contribution in [1.29, 1.82) is 0 Å². The molecule has 4 heteroatoms. The van der Waals surface area contributed by atoms with Crippen LogP contribution in [0.5, 0.6) is 0 Å². The van der Waals surface area contributed by atoms with Crippen LogP contribution < -0.4 is 5.32 Å². The van der Waals surface area contributed by atoms with Gasteiger partial charge in [0, 0.05) is 31.0 Å². The highest BCUT2D eigenvalue weighted by molar-refractivity contribution is 5.94. The first-order valence-corrected chi connectivity index (χ1v) is 9.33. The van der Waals surface area contributed by atoms with Crippen LogP contribution in [0.2, 0.25) is 0 Å². The van der Waals surface area contributed by atoms with Crippen LogP contribution in [-0.4, -0.2) is 9.97 Å². The minimum Gasteiger partial charge on any atom is -0.436 e. The maximum atomic E-state index is 6.01. The molecular weight excluding hydrogens is 346 g/mol. The highest BCUT2D eigenvalue weighted by atomic mass is 16.3.